The van der Waals surface area contributed by atoms with Crippen LogP contribution >= 0.6 is 0 Å². The monoisotopic (exact) mass is 322 g/mol. The molecule has 8 heteroatoms. The van der Waals surface area contributed by atoms with Crippen molar-refractivity contribution in [1.82, 2.24) is 4.98 Å². The lowest BCUT2D eigenvalue weighted by atomic mass is 10.2. The summed E-state index contributed by atoms with van der Waals surface area (Å²) < 4.78 is 43.1. The van der Waals surface area contributed by atoms with Gasteiger partial charge in [-0.25, -0.2) is 13.4 Å². The highest BCUT2D eigenvalue weighted by atomic mass is 32.2. The van der Waals surface area contributed by atoms with Crippen molar-refractivity contribution in [3.63, 3.8) is 0 Å². The Morgan fingerprint density at radius 3 is 2.73 bits per heavy atom. The number of benzene rings is 1. The van der Waals surface area contributed by atoms with Crippen LogP contribution in [0.4, 0.5) is 5.69 Å². The summed E-state index contributed by atoms with van der Waals surface area (Å²) in [5, 5.41) is 0. The second kappa shape index (κ2) is 5.72. The number of nitrogens with one attached hydrogen (secondary N) is 1. The van der Waals surface area contributed by atoms with Gasteiger partial charge in [0.2, 0.25) is 5.88 Å². The van der Waals surface area contributed by atoms with E-state index in [0.29, 0.717) is 36.3 Å². The van der Waals surface area contributed by atoms with Gasteiger partial charge in [0.1, 0.15) is 18.1 Å². The van der Waals surface area contributed by atoms with Crippen LogP contribution in [-0.2, 0) is 10.0 Å². The summed E-state index contributed by atoms with van der Waals surface area (Å²) in [7, 11) is -2.31. The van der Waals surface area contributed by atoms with Gasteiger partial charge in [0.05, 0.1) is 19.0 Å². The number of pyridine rings is 1. The van der Waals surface area contributed by atoms with E-state index in [9.17, 15) is 8.42 Å². The Kier molecular flexibility index (Phi) is 3.76. The highest BCUT2D eigenvalue weighted by Crippen LogP contribution is 2.38. The molecule has 0 unspecified atom stereocenters. The summed E-state index contributed by atoms with van der Waals surface area (Å²) in [6.07, 6.45) is 1.23. The summed E-state index contributed by atoms with van der Waals surface area (Å²) in [6, 6.07) is 7.93. The SMILES string of the molecule is COc1ccc(S(=O)(=O)Nc2cccc3c2OCCO3)cn1. The maximum absolute atomic E-state index is 12.4. The fourth-order valence-electron chi connectivity index (χ4n) is 2.00. The molecule has 1 aromatic heterocycles. The first kappa shape index (κ1) is 14.5. The van der Waals surface area contributed by atoms with E-state index in [4.69, 9.17) is 14.2 Å². The molecular weight excluding hydrogens is 308 g/mol. The summed E-state index contributed by atoms with van der Waals surface area (Å²) in [5.41, 5.74) is 0.327. The topological polar surface area (TPSA) is 86.8 Å². The number of hydrogen-bond acceptors (Lipinski definition) is 6. The zero-order chi connectivity index (χ0) is 15.6. The maximum atomic E-state index is 12.4. The van der Waals surface area contributed by atoms with Gasteiger partial charge in [0, 0.05) is 6.07 Å². The van der Waals surface area contributed by atoms with E-state index < -0.39 is 10.0 Å². The third-order valence-electron chi connectivity index (χ3n) is 3.04. The van der Waals surface area contributed by atoms with Gasteiger partial charge >= 0.3 is 0 Å². The fraction of sp³-hybridized carbons (Fsp3) is 0.214. The molecule has 116 valence electrons. The Labute approximate surface area is 127 Å². The second-order valence-electron chi connectivity index (χ2n) is 4.47. The van der Waals surface area contributed by atoms with Crippen LogP contribution in [0.2, 0.25) is 0 Å². The predicted molar refractivity (Wildman–Crippen MR) is 79.0 cm³/mol. The minimum absolute atomic E-state index is 0.0302. The number of para-hydroxylation sites is 1. The zero-order valence-corrected chi connectivity index (χ0v) is 12.6. The molecule has 0 aliphatic carbocycles. The van der Waals surface area contributed by atoms with Gasteiger partial charge in [0.25, 0.3) is 10.0 Å². The van der Waals surface area contributed by atoms with Gasteiger partial charge in [-0.2, -0.15) is 0 Å². The largest absolute Gasteiger partial charge is 0.486 e. The third kappa shape index (κ3) is 2.77. The molecule has 22 heavy (non-hydrogen) atoms. The number of fused-ring (bicyclic) bond motifs is 1. The van der Waals surface area contributed by atoms with Crippen LogP contribution in [0.15, 0.2) is 41.4 Å². The first-order chi connectivity index (χ1) is 10.6. The third-order valence-corrected chi connectivity index (χ3v) is 4.39. The van der Waals surface area contributed by atoms with Gasteiger partial charge in [-0.05, 0) is 18.2 Å². The number of anilines is 1. The lowest BCUT2D eigenvalue weighted by molar-refractivity contribution is 0.172. The summed E-state index contributed by atoms with van der Waals surface area (Å²) in [4.78, 5) is 3.93. The number of hydrogen-bond donors (Lipinski definition) is 1. The summed E-state index contributed by atoms with van der Waals surface area (Å²) in [6.45, 7) is 0.807. The molecule has 0 fully saturated rings. The molecule has 0 amide bonds. The number of ether oxygens (including phenoxy) is 3. The Bertz CT molecular complexity index is 774. The van der Waals surface area contributed by atoms with Gasteiger partial charge in [-0.1, -0.05) is 6.07 Å². The molecule has 1 aromatic carbocycles. The molecule has 1 aliphatic rings. The van der Waals surface area contributed by atoms with E-state index in [1.807, 2.05) is 0 Å². The van der Waals surface area contributed by atoms with E-state index in [1.54, 1.807) is 18.2 Å². The number of rotatable bonds is 4. The van der Waals surface area contributed by atoms with Crippen molar-refractivity contribution < 1.29 is 22.6 Å². The fourth-order valence-corrected chi connectivity index (χ4v) is 3.01. The summed E-state index contributed by atoms with van der Waals surface area (Å²) >= 11 is 0. The highest BCUT2D eigenvalue weighted by Gasteiger charge is 2.21. The molecule has 0 spiro atoms. The molecule has 2 aromatic rings. The number of nitrogens with zero attached hydrogens (tertiary/aromatic N) is 1. The van der Waals surface area contributed by atoms with Crippen molar-refractivity contribution in [2.45, 2.75) is 4.90 Å². The molecule has 3 rings (SSSR count). The van der Waals surface area contributed by atoms with Crippen LogP contribution in [0, 0.1) is 0 Å². The van der Waals surface area contributed by atoms with E-state index in [1.165, 1.54) is 25.4 Å². The molecule has 2 heterocycles. The Hall–Kier alpha value is -2.48. The average Bonchev–Trinajstić information content (AvgIpc) is 2.55. The first-order valence-corrected chi connectivity index (χ1v) is 8.00. The van der Waals surface area contributed by atoms with Crippen LogP contribution in [0.25, 0.3) is 0 Å². The number of sulfonamides is 1. The van der Waals surface area contributed by atoms with E-state index in [-0.39, 0.29) is 4.90 Å². The molecule has 1 aliphatic heterocycles. The zero-order valence-electron chi connectivity index (χ0n) is 11.8. The van der Waals surface area contributed by atoms with Crippen LogP contribution in [0.3, 0.4) is 0 Å². The van der Waals surface area contributed by atoms with Gasteiger partial charge < -0.3 is 14.2 Å². The number of aromatic nitrogens is 1. The van der Waals surface area contributed by atoms with Crippen molar-refractivity contribution in [3.8, 4) is 17.4 Å². The average molecular weight is 322 g/mol. The standard InChI is InChI=1S/C14H14N2O5S/c1-19-13-6-5-10(9-15-13)22(17,18)16-11-3-2-4-12-14(11)21-8-7-20-12/h2-6,9,16H,7-8H2,1H3. The lowest BCUT2D eigenvalue weighted by Gasteiger charge is -2.21. The van der Waals surface area contributed by atoms with Crippen LogP contribution in [0.1, 0.15) is 0 Å². The van der Waals surface area contributed by atoms with Crippen molar-refractivity contribution in [2.75, 3.05) is 25.0 Å². The van der Waals surface area contributed by atoms with E-state index >= 15 is 0 Å². The van der Waals surface area contributed by atoms with Crippen molar-refractivity contribution >= 4 is 15.7 Å². The second-order valence-corrected chi connectivity index (χ2v) is 6.15. The predicted octanol–water partition coefficient (Wildman–Crippen LogP) is 1.66. The van der Waals surface area contributed by atoms with Gasteiger partial charge in [-0.15, -0.1) is 0 Å². The summed E-state index contributed by atoms with van der Waals surface area (Å²) in [5.74, 6) is 1.24. The quantitative estimate of drug-likeness (QED) is 0.921. The first-order valence-electron chi connectivity index (χ1n) is 6.51. The molecule has 7 nitrogen and oxygen atoms in total. The number of methoxy groups -OCH3 is 1. The van der Waals surface area contributed by atoms with Crippen molar-refractivity contribution in [2.24, 2.45) is 0 Å². The Morgan fingerprint density at radius 2 is 2.00 bits per heavy atom. The highest BCUT2D eigenvalue weighted by molar-refractivity contribution is 7.92. The molecular formula is C14H14N2O5S. The van der Waals surface area contributed by atoms with Gasteiger partial charge in [0.15, 0.2) is 11.5 Å². The van der Waals surface area contributed by atoms with Crippen LogP contribution in [0.5, 0.6) is 17.4 Å². The Morgan fingerprint density at radius 1 is 1.18 bits per heavy atom. The molecule has 0 radical (unpaired) electrons. The van der Waals surface area contributed by atoms with Crippen LogP contribution < -0.4 is 18.9 Å². The minimum atomic E-state index is -3.78. The van der Waals surface area contributed by atoms with E-state index in [2.05, 4.69) is 9.71 Å². The molecule has 0 bridgehead atoms. The molecule has 0 saturated heterocycles. The van der Waals surface area contributed by atoms with Gasteiger partial charge in [-0.3, -0.25) is 4.72 Å². The lowest BCUT2D eigenvalue weighted by Crippen LogP contribution is -2.19. The Balaban J connectivity index is 1.91. The van der Waals surface area contributed by atoms with Crippen molar-refractivity contribution in [3.05, 3.63) is 36.5 Å². The molecule has 1 N–H and O–H groups in total. The smallest absolute Gasteiger partial charge is 0.263 e. The minimum Gasteiger partial charge on any atom is -0.486 e. The van der Waals surface area contributed by atoms with Crippen LogP contribution in [-0.4, -0.2) is 33.7 Å². The molecule has 0 saturated carbocycles. The van der Waals surface area contributed by atoms with Crippen molar-refractivity contribution in [1.29, 1.82) is 0 Å². The van der Waals surface area contributed by atoms with E-state index in [0.717, 1.165) is 0 Å². The maximum Gasteiger partial charge on any atom is 0.263 e. The normalized spacial score (nSPS) is 13.5. The molecule has 0 atom stereocenters.